The Labute approximate surface area is 81.2 Å². The minimum absolute atomic E-state index is 0.343. The molecule has 0 saturated heterocycles. The van der Waals surface area contributed by atoms with Crippen molar-refractivity contribution in [1.29, 1.82) is 0 Å². The van der Waals surface area contributed by atoms with Gasteiger partial charge in [-0.15, -0.1) is 0 Å². The first-order chi connectivity index (χ1) is 6.24. The Morgan fingerprint density at radius 2 is 1.92 bits per heavy atom. The van der Waals surface area contributed by atoms with Crippen LogP contribution >= 0.6 is 0 Å². The molecule has 0 heterocycles. The highest BCUT2D eigenvalue weighted by Crippen LogP contribution is 2.25. The maximum absolute atomic E-state index is 11.7. The molecule has 0 atom stereocenters. The Kier molecular flexibility index (Phi) is 4.20. The molecular weight excluding hydrogens is 160 g/mol. The zero-order valence-corrected chi connectivity index (χ0v) is 8.81. The summed E-state index contributed by atoms with van der Waals surface area (Å²) in [5.41, 5.74) is 1.22. The van der Waals surface area contributed by atoms with Crippen molar-refractivity contribution in [2.75, 3.05) is 0 Å². The number of rotatable bonds is 3. The molecule has 1 aliphatic carbocycles. The molecule has 0 spiro atoms. The second kappa shape index (κ2) is 5.21. The predicted octanol–water partition coefficient (Wildman–Crippen LogP) is 3.49. The molecule has 1 fully saturated rings. The lowest BCUT2D eigenvalue weighted by molar-refractivity contribution is -0.119. The van der Waals surface area contributed by atoms with Crippen molar-refractivity contribution in [3.8, 4) is 0 Å². The molecular formula is C12H20O. The van der Waals surface area contributed by atoms with E-state index in [9.17, 15) is 4.79 Å². The van der Waals surface area contributed by atoms with Gasteiger partial charge in [0.15, 0.2) is 5.78 Å². The van der Waals surface area contributed by atoms with Gasteiger partial charge in [-0.3, -0.25) is 4.79 Å². The van der Waals surface area contributed by atoms with Crippen molar-refractivity contribution >= 4 is 5.78 Å². The van der Waals surface area contributed by atoms with Gasteiger partial charge in [-0.05, 0) is 32.3 Å². The van der Waals surface area contributed by atoms with Crippen LogP contribution < -0.4 is 0 Å². The number of ketones is 1. The topological polar surface area (TPSA) is 17.1 Å². The SMILES string of the molecule is CC/C(C)=C/C(=O)C1CCCCC1. The first-order valence-electron chi connectivity index (χ1n) is 5.45. The fraction of sp³-hybridized carbons (Fsp3) is 0.750. The Morgan fingerprint density at radius 1 is 1.31 bits per heavy atom. The van der Waals surface area contributed by atoms with Crippen LogP contribution in [0.4, 0.5) is 0 Å². The first-order valence-corrected chi connectivity index (χ1v) is 5.45. The first kappa shape index (κ1) is 10.5. The molecule has 0 amide bonds. The maximum atomic E-state index is 11.7. The van der Waals surface area contributed by atoms with E-state index >= 15 is 0 Å². The lowest BCUT2D eigenvalue weighted by Gasteiger charge is -2.18. The van der Waals surface area contributed by atoms with Gasteiger partial charge in [-0.1, -0.05) is 31.8 Å². The van der Waals surface area contributed by atoms with Crippen molar-refractivity contribution in [2.45, 2.75) is 52.4 Å². The molecule has 0 unspecified atom stereocenters. The summed E-state index contributed by atoms with van der Waals surface area (Å²) in [5, 5.41) is 0. The van der Waals surface area contributed by atoms with E-state index in [2.05, 4.69) is 6.92 Å². The summed E-state index contributed by atoms with van der Waals surface area (Å²) >= 11 is 0. The lowest BCUT2D eigenvalue weighted by atomic mass is 9.85. The molecule has 0 aromatic heterocycles. The minimum atomic E-state index is 0.343. The zero-order valence-electron chi connectivity index (χ0n) is 8.81. The van der Waals surface area contributed by atoms with Gasteiger partial charge in [-0.2, -0.15) is 0 Å². The molecule has 0 aromatic rings. The van der Waals surface area contributed by atoms with Crippen LogP contribution in [0.3, 0.4) is 0 Å². The van der Waals surface area contributed by atoms with Gasteiger partial charge in [0.2, 0.25) is 0 Å². The quantitative estimate of drug-likeness (QED) is 0.607. The summed E-state index contributed by atoms with van der Waals surface area (Å²) < 4.78 is 0. The second-order valence-electron chi connectivity index (χ2n) is 4.08. The predicted molar refractivity (Wildman–Crippen MR) is 55.6 cm³/mol. The Morgan fingerprint density at radius 3 is 2.46 bits per heavy atom. The highest BCUT2D eigenvalue weighted by molar-refractivity contribution is 5.92. The largest absolute Gasteiger partial charge is 0.295 e. The Balaban J connectivity index is 2.46. The third-order valence-electron chi connectivity index (χ3n) is 2.95. The summed E-state index contributed by atoms with van der Waals surface area (Å²) in [7, 11) is 0. The fourth-order valence-electron chi connectivity index (χ4n) is 1.85. The summed E-state index contributed by atoms with van der Waals surface area (Å²) in [6.45, 7) is 4.14. The van der Waals surface area contributed by atoms with Crippen LogP contribution in [0, 0.1) is 5.92 Å². The van der Waals surface area contributed by atoms with Gasteiger partial charge in [0.1, 0.15) is 0 Å². The smallest absolute Gasteiger partial charge is 0.158 e. The Bertz CT molecular complexity index is 197. The van der Waals surface area contributed by atoms with Gasteiger partial charge < -0.3 is 0 Å². The molecule has 0 N–H and O–H groups in total. The van der Waals surface area contributed by atoms with Crippen LogP contribution in [-0.2, 0) is 4.79 Å². The number of carbonyl (C=O) groups is 1. The van der Waals surface area contributed by atoms with E-state index in [0.717, 1.165) is 19.3 Å². The van der Waals surface area contributed by atoms with Crippen LogP contribution in [0.25, 0.3) is 0 Å². The van der Waals surface area contributed by atoms with Crippen LogP contribution in [0.5, 0.6) is 0 Å². The van der Waals surface area contributed by atoms with Crippen LogP contribution in [0.15, 0.2) is 11.6 Å². The van der Waals surface area contributed by atoms with E-state index in [1.165, 1.54) is 24.8 Å². The van der Waals surface area contributed by atoms with Gasteiger partial charge in [0.25, 0.3) is 0 Å². The number of hydrogen-bond acceptors (Lipinski definition) is 1. The summed E-state index contributed by atoms with van der Waals surface area (Å²) in [6.07, 6.45) is 8.90. The van der Waals surface area contributed by atoms with Crippen molar-refractivity contribution in [2.24, 2.45) is 5.92 Å². The number of allylic oxidation sites excluding steroid dienone is 2. The molecule has 13 heavy (non-hydrogen) atoms. The summed E-state index contributed by atoms with van der Waals surface area (Å²) in [4.78, 5) is 11.7. The second-order valence-corrected chi connectivity index (χ2v) is 4.08. The van der Waals surface area contributed by atoms with Crippen molar-refractivity contribution in [1.82, 2.24) is 0 Å². The number of hydrogen-bond donors (Lipinski definition) is 0. The fourth-order valence-corrected chi connectivity index (χ4v) is 1.85. The third kappa shape index (κ3) is 3.33. The molecule has 1 aliphatic rings. The molecule has 1 nitrogen and oxygen atoms in total. The minimum Gasteiger partial charge on any atom is -0.295 e. The van der Waals surface area contributed by atoms with Crippen LogP contribution in [-0.4, -0.2) is 5.78 Å². The average Bonchev–Trinajstić information content (AvgIpc) is 2.19. The molecule has 0 radical (unpaired) electrons. The number of carbonyl (C=O) groups excluding carboxylic acids is 1. The summed E-state index contributed by atoms with van der Waals surface area (Å²) in [6, 6.07) is 0. The van der Waals surface area contributed by atoms with Gasteiger partial charge >= 0.3 is 0 Å². The van der Waals surface area contributed by atoms with Crippen LogP contribution in [0.2, 0.25) is 0 Å². The van der Waals surface area contributed by atoms with E-state index in [-0.39, 0.29) is 0 Å². The van der Waals surface area contributed by atoms with Crippen molar-refractivity contribution in [3.05, 3.63) is 11.6 Å². The zero-order chi connectivity index (χ0) is 9.68. The molecule has 1 rings (SSSR count). The molecule has 74 valence electrons. The van der Waals surface area contributed by atoms with E-state index in [4.69, 9.17) is 0 Å². The molecule has 0 bridgehead atoms. The molecule has 0 aromatic carbocycles. The standard InChI is InChI=1S/C12H20O/c1-3-10(2)9-12(13)11-7-5-4-6-8-11/h9,11H,3-8H2,1-2H3/b10-9+. The monoisotopic (exact) mass is 180 g/mol. The van der Waals surface area contributed by atoms with E-state index < -0.39 is 0 Å². The van der Waals surface area contributed by atoms with Crippen molar-refractivity contribution < 1.29 is 4.79 Å². The average molecular weight is 180 g/mol. The highest BCUT2D eigenvalue weighted by Gasteiger charge is 2.18. The maximum Gasteiger partial charge on any atom is 0.158 e. The molecule has 0 aliphatic heterocycles. The molecule has 1 saturated carbocycles. The van der Waals surface area contributed by atoms with E-state index in [1.807, 2.05) is 13.0 Å². The Hall–Kier alpha value is -0.590. The highest BCUT2D eigenvalue weighted by atomic mass is 16.1. The van der Waals surface area contributed by atoms with Gasteiger partial charge in [0, 0.05) is 5.92 Å². The van der Waals surface area contributed by atoms with E-state index in [1.54, 1.807) is 0 Å². The van der Waals surface area contributed by atoms with Gasteiger partial charge in [-0.25, -0.2) is 0 Å². The molecule has 1 heteroatoms. The normalized spacial score (nSPS) is 20.3. The third-order valence-corrected chi connectivity index (χ3v) is 2.95. The van der Waals surface area contributed by atoms with Crippen LogP contribution in [0.1, 0.15) is 52.4 Å². The summed E-state index contributed by atoms with van der Waals surface area (Å²) in [5.74, 6) is 0.717. The van der Waals surface area contributed by atoms with Crippen molar-refractivity contribution in [3.63, 3.8) is 0 Å². The van der Waals surface area contributed by atoms with Gasteiger partial charge in [0.05, 0.1) is 0 Å². The van der Waals surface area contributed by atoms with E-state index in [0.29, 0.717) is 11.7 Å². The lowest BCUT2D eigenvalue weighted by Crippen LogP contribution is -2.15.